The summed E-state index contributed by atoms with van der Waals surface area (Å²) in [5.74, 6) is 0. The van der Waals surface area contributed by atoms with Crippen molar-refractivity contribution in [3.05, 3.63) is 35.9 Å². The summed E-state index contributed by atoms with van der Waals surface area (Å²) < 4.78 is 29.0. The van der Waals surface area contributed by atoms with Crippen LogP contribution >= 0.6 is 0 Å². The second-order valence-corrected chi connectivity index (χ2v) is 3.66. The number of hydrogen-bond acceptors (Lipinski definition) is 1. The highest BCUT2D eigenvalue weighted by molar-refractivity contribution is 5.19. The van der Waals surface area contributed by atoms with Crippen molar-refractivity contribution in [2.75, 3.05) is 6.54 Å². The van der Waals surface area contributed by atoms with Gasteiger partial charge in [-0.1, -0.05) is 36.8 Å². The lowest BCUT2D eigenvalue weighted by Crippen LogP contribution is -2.26. The fraction of sp³-hybridized carbons (Fsp3) is 0.500. The van der Waals surface area contributed by atoms with Gasteiger partial charge >= 0.3 is 6.68 Å². The molecule has 1 unspecified atom stereocenters. The minimum Gasteiger partial charge on any atom is -0.310 e. The van der Waals surface area contributed by atoms with Crippen molar-refractivity contribution in [2.24, 2.45) is 0 Å². The molecule has 0 saturated carbocycles. The molecule has 0 radical (unpaired) electrons. The molecule has 1 N–H and O–H groups in total. The van der Waals surface area contributed by atoms with Crippen molar-refractivity contribution in [1.29, 1.82) is 0 Å². The van der Waals surface area contributed by atoms with Crippen LogP contribution in [0.1, 0.15) is 30.9 Å². The number of piperidine rings is 1. The second-order valence-electron chi connectivity index (χ2n) is 3.66. The fourth-order valence-corrected chi connectivity index (χ4v) is 1.82. The van der Waals surface area contributed by atoms with E-state index in [1.54, 1.807) is 0 Å². The lowest BCUT2D eigenvalue weighted by Gasteiger charge is -2.23. The predicted molar refractivity (Wildman–Crippen MR) is 58.1 cm³/mol. The zero-order valence-electron chi connectivity index (χ0n) is 9.00. The molecule has 1 nitrogen and oxygen atoms in total. The van der Waals surface area contributed by atoms with Gasteiger partial charge in [0.05, 0.1) is 0 Å². The Bertz CT molecular complexity index is 268. The molecule has 90 valence electrons. The van der Waals surface area contributed by atoms with E-state index < -0.39 is 6.68 Å². The van der Waals surface area contributed by atoms with Crippen molar-refractivity contribution in [2.45, 2.75) is 32.0 Å². The average molecular weight is 231 g/mol. The van der Waals surface area contributed by atoms with Gasteiger partial charge in [0.15, 0.2) is 0 Å². The van der Waals surface area contributed by atoms with Crippen LogP contribution in [0.25, 0.3) is 0 Å². The van der Waals surface area contributed by atoms with Gasteiger partial charge in [-0.2, -0.15) is 13.2 Å². The highest BCUT2D eigenvalue weighted by Gasteiger charge is 2.13. The summed E-state index contributed by atoms with van der Waals surface area (Å²) in [5, 5.41) is 3.54. The van der Waals surface area contributed by atoms with E-state index in [4.69, 9.17) is 0 Å². The number of nitrogens with one attached hydrogen (secondary N) is 1. The van der Waals surface area contributed by atoms with Gasteiger partial charge in [0.1, 0.15) is 0 Å². The standard InChI is InChI=1S/C11H15N.CHF3/c1-2-6-10(7-3-1)11-8-4-5-9-12-11;2-1(3)4/h1-3,6-7,11-12H,4-5,8-9H2;1H. The molecule has 1 aliphatic heterocycles. The van der Waals surface area contributed by atoms with E-state index in [1.165, 1.54) is 31.4 Å². The van der Waals surface area contributed by atoms with Crippen LogP contribution in [0.2, 0.25) is 0 Å². The number of benzene rings is 1. The summed E-state index contributed by atoms with van der Waals surface area (Å²) in [6.07, 6.45) is 4.00. The topological polar surface area (TPSA) is 12.0 Å². The Kier molecular flexibility index (Phi) is 5.93. The first-order valence-corrected chi connectivity index (χ1v) is 5.40. The Morgan fingerprint density at radius 1 is 1.06 bits per heavy atom. The van der Waals surface area contributed by atoms with Gasteiger partial charge in [-0.25, -0.2) is 0 Å². The maximum atomic E-state index is 9.67. The van der Waals surface area contributed by atoms with Crippen molar-refractivity contribution in [1.82, 2.24) is 5.32 Å². The van der Waals surface area contributed by atoms with E-state index in [9.17, 15) is 13.2 Å². The van der Waals surface area contributed by atoms with Crippen molar-refractivity contribution < 1.29 is 13.2 Å². The molecule has 2 rings (SSSR count). The third kappa shape index (κ3) is 5.16. The maximum Gasteiger partial charge on any atom is 0.379 e. The molecule has 1 aromatic carbocycles. The molecule has 1 atom stereocenters. The van der Waals surface area contributed by atoms with Crippen LogP contribution in [0.4, 0.5) is 13.2 Å². The minimum atomic E-state index is -3.67. The average Bonchev–Trinajstić information content (AvgIpc) is 2.31. The number of alkyl halides is 3. The van der Waals surface area contributed by atoms with Gasteiger partial charge in [-0.3, -0.25) is 0 Å². The summed E-state index contributed by atoms with van der Waals surface area (Å²) in [5.41, 5.74) is 1.44. The number of rotatable bonds is 1. The van der Waals surface area contributed by atoms with Crippen LogP contribution in [0.15, 0.2) is 30.3 Å². The molecule has 1 heterocycles. The van der Waals surface area contributed by atoms with Crippen LogP contribution in [-0.4, -0.2) is 13.2 Å². The lowest BCUT2D eigenvalue weighted by atomic mass is 9.98. The van der Waals surface area contributed by atoms with Crippen molar-refractivity contribution in [3.8, 4) is 0 Å². The van der Waals surface area contributed by atoms with E-state index >= 15 is 0 Å². The molecule has 1 aliphatic rings. The lowest BCUT2D eigenvalue weighted by molar-refractivity contribution is 0.00819. The van der Waals surface area contributed by atoms with Crippen LogP contribution in [0, 0.1) is 0 Å². The molecule has 0 spiro atoms. The van der Waals surface area contributed by atoms with Gasteiger partial charge in [0.25, 0.3) is 0 Å². The monoisotopic (exact) mass is 231 g/mol. The molecule has 1 fully saturated rings. The first kappa shape index (κ1) is 13.0. The van der Waals surface area contributed by atoms with Crippen molar-refractivity contribution >= 4 is 0 Å². The normalized spacial score (nSPS) is 20.1. The second kappa shape index (κ2) is 7.28. The number of hydrogen-bond donors (Lipinski definition) is 1. The Morgan fingerprint density at radius 3 is 2.19 bits per heavy atom. The van der Waals surface area contributed by atoms with Crippen LogP contribution in [-0.2, 0) is 0 Å². The molecular weight excluding hydrogens is 215 g/mol. The van der Waals surface area contributed by atoms with Gasteiger partial charge in [-0.15, -0.1) is 0 Å². The smallest absolute Gasteiger partial charge is 0.310 e. The SMILES string of the molecule is FC(F)F.c1ccc(C2CCCCN2)cc1. The summed E-state index contributed by atoms with van der Waals surface area (Å²) in [4.78, 5) is 0. The predicted octanol–water partition coefficient (Wildman–Crippen LogP) is 3.68. The largest absolute Gasteiger partial charge is 0.379 e. The molecule has 0 aromatic heterocycles. The number of halogens is 3. The van der Waals surface area contributed by atoms with E-state index in [2.05, 4.69) is 35.6 Å². The molecule has 0 amide bonds. The molecule has 1 aromatic rings. The van der Waals surface area contributed by atoms with Gasteiger partial charge in [0.2, 0.25) is 0 Å². The van der Waals surface area contributed by atoms with Crippen LogP contribution in [0.5, 0.6) is 0 Å². The van der Waals surface area contributed by atoms with Gasteiger partial charge in [-0.05, 0) is 24.9 Å². The van der Waals surface area contributed by atoms with E-state index in [0.29, 0.717) is 6.04 Å². The molecule has 16 heavy (non-hydrogen) atoms. The summed E-state index contributed by atoms with van der Waals surface area (Å²) >= 11 is 0. The molecular formula is C12H16F3N. The Balaban J connectivity index is 0.000000280. The molecule has 0 aliphatic carbocycles. The highest BCUT2D eigenvalue weighted by Crippen LogP contribution is 2.21. The first-order chi connectivity index (χ1) is 7.70. The Morgan fingerprint density at radius 2 is 1.69 bits per heavy atom. The van der Waals surface area contributed by atoms with Gasteiger partial charge < -0.3 is 5.32 Å². The van der Waals surface area contributed by atoms with Gasteiger partial charge in [0, 0.05) is 6.04 Å². The Hall–Kier alpha value is -1.03. The van der Waals surface area contributed by atoms with E-state index in [0.717, 1.165) is 0 Å². The fourth-order valence-electron chi connectivity index (χ4n) is 1.82. The Labute approximate surface area is 93.7 Å². The van der Waals surface area contributed by atoms with Crippen LogP contribution < -0.4 is 5.32 Å². The first-order valence-electron chi connectivity index (χ1n) is 5.40. The zero-order chi connectivity index (χ0) is 11.8. The summed E-state index contributed by atoms with van der Waals surface area (Å²) in [7, 11) is 0. The summed E-state index contributed by atoms with van der Waals surface area (Å²) in [6.45, 7) is -2.49. The summed E-state index contributed by atoms with van der Waals surface area (Å²) in [6, 6.07) is 11.3. The quantitative estimate of drug-likeness (QED) is 0.777. The van der Waals surface area contributed by atoms with E-state index in [-0.39, 0.29) is 0 Å². The molecule has 4 heteroatoms. The minimum absolute atomic E-state index is 0.611. The molecule has 1 saturated heterocycles. The molecule has 0 bridgehead atoms. The zero-order valence-corrected chi connectivity index (χ0v) is 9.00. The van der Waals surface area contributed by atoms with Crippen molar-refractivity contribution in [3.63, 3.8) is 0 Å². The van der Waals surface area contributed by atoms with E-state index in [1.807, 2.05) is 0 Å². The third-order valence-electron chi connectivity index (χ3n) is 2.51. The third-order valence-corrected chi connectivity index (χ3v) is 2.51. The maximum absolute atomic E-state index is 9.67. The van der Waals surface area contributed by atoms with Crippen LogP contribution in [0.3, 0.4) is 0 Å². The highest BCUT2D eigenvalue weighted by atomic mass is 19.4.